The first kappa shape index (κ1) is 32.4. The number of amides is 2. The van der Waals surface area contributed by atoms with Gasteiger partial charge in [-0.1, -0.05) is 6.07 Å². The van der Waals surface area contributed by atoms with E-state index in [-0.39, 0.29) is 23.8 Å². The van der Waals surface area contributed by atoms with Gasteiger partial charge in [0, 0.05) is 18.7 Å². The molecule has 1 aliphatic carbocycles. The molecule has 0 radical (unpaired) electrons. The number of halogens is 1. The zero-order valence-electron chi connectivity index (χ0n) is 28.6. The quantitative estimate of drug-likeness (QED) is 0.228. The molecule has 3 fully saturated rings. The zero-order valence-corrected chi connectivity index (χ0v) is 28.6. The molecule has 2 amide bonds. The van der Waals surface area contributed by atoms with E-state index in [2.05, 4.69) is 20.6 Å². The number of aromatic nitrogens is 3. The Hall–Kier alpha value is -4.84. The minimum atomic E-state index is -1.20. The van der Waals surface area contributed by atoms with E-state index >= 15 is 0 Å². The minimum Gasteiger partial charge on any atom is -0.476 e. The van der Waals surface area contributed by atoms with E-state index in [1.54, 1.807) is 31.0 Å². The van der Waals surface area contributed by atoms with Crippen LogP contribution in [0.5, 0.6) is 5.75 Å². The molecule has 12 heteroatoms. The smallest absolute Gasteiger partial charge is 0.271 e. The van der Waals surface area contributed by atoms with Gasteiger partial charge in [0.2, 0.25) is 5.89 Å². The molecule has 2 saturated heterocycles. The molecule has 2 N–H and O–H groups in total. The van der Waals surface area contributed by atoms with E-state index in [1.165, 1.54) is 6.07 Å². The van der Waals surface area contributed by atoms with Crippen molar-refractivity contribution in [2.75, 3.05) is 29.9 Å². The van der Waals surface area contributed by atoms with Crippen molar-refractivity contribution < 1.29 is 27.9 Å². The molecular weight excluding hydrogens is 639 g/mol. The van der Waals surface area contributed by atoms with Gasteiger partial charge in [0.25, 0.3) is 11.8 Å². The summed E-state index contributed by atoms with van der Waals surface area (Å²) in [5, 5.41) is 6.53. The molecule has 4 aromatic rings. The number of carbonyl (C=O) groups is 2. The predicted molar refractivity (Wildman–Crippen MR) is 184 cm³/mol. The average Bonchev–Trinajstić information content (AvgIpc) is 3.54. The van der Waals surface area contributed by atoms with Crippen LogP contribution in [0.4, 0.5) is 15.9 Å². The fourth-order valence-corrected chi connectivity index (χ4v) is 7.80. The van der Waals surface area contributed by atoms with Crippen LogP contribution in [0.25, 0.3) is 22.6 Å². The molecule has 2 bridgehead atoms. The molecule has 11 nitrogen and oxygen atoms in total. The number of carbonyl (C=O) groups excluding carboxylic acids is 2. The SMILES string of the molecule is Cc1cnc(-c2c(CCC34CCC(CC3)OC4)nc3c(c2-c2ccc4c(c2)OC(C)(C)C(=O)N4Cc2ccc(F)cn2)C(=O)NCCCN3)o1. The topological polar surface area (TPSA) is 132 Å². The maximum absolute atomic E-state index is 14.0. The molecule has 4 aliphatic heterocycles. The number of hydrogen-bond acceptors (Lipinski definition) is 9. The van der Waals surface area contributed by atoms with Crippen LogP contribution < -0.4 is 20.3 Å². The fourth-order valence-electron chi connectivity index (χ4n) is 7.80. The van der Waals surface area contributed by atoms with Crippen molar-refractivity contribution in [2.45, 2.75) is 84.0 Å². The predicted octanol–water partition coefficient (Wildman–Crippen LogP) is 6.39. The van der Waals surface area contributed by atoms with Crippen LogP contribution >= 0.6 is 0 Å². The van der Waals surface area contributed by atoms with Gasteiger partial charge in [0.1, 0.15) is 23.1 Å². The molecule has 0 atom stereocenters. The van der Waals surface area contributed by atoms with Crippen LogP contribution in [0.2, 0.25) is 0 Å². The summed E-state index contributed by atoms with van der Waals surface area (Å²) in [4.78, 5) is 43.3. The Morgan fingerprint density at radius 1 is 1.00 bits per heavy atom. The van der Waals surface area contributed by atoms with E-state index in [0.29, 0.717) is 82.5 Å². The molecule has 1 saturated carbocycles. The van der Waals surface area contributed by atoms with Gasteiger partial charge in [-0.15, -0.1) is 0 Å². The third-order valence-electron chi connectivity index (χ3n) is 10.5. The normalized spacial score (nSPS) is 22.5. The van der Waals surface area contributed by atoms with Gasteiger partial charge in [-0.25, -0.2) is 14.4 Å². The molecule has 0 spiro atoms. The fraction of sp³-hybridized carbons (Fsp3) is 0.447. The second-order valence-corrected chi connectivity index (χ2v) is 14.5. The Bertz CT molecular complexity index is 1950. The van der Waals surface area contributed by atoms with Crippen LogP contribution in [-0.4, -0.2) is 58.2 Å². The summed E-state index contributed by atoms with van der Waals surface area (Å²) in [6, 6.07) is 8.47. The number of rotatable bonds is 7. The number of nitrogens with zero attached hydrogens (tertiary/aromatic N) is 4. The Kier molecular flexibility index (Phi) is 8.08. The van der Waals surface area contributed by atoms with Gasteiger partial charge in [-0.2, -0.15) is 0 Å². The lowest BCUT2D eigenvalue weighted by atomic mass is 9.68. The van der Waals surface area contributed by atoms with Crippen molar-refractivity contribution in [1.82, 2.24) is 20.3 Å². The van der Waals surface area contributed by atoms with Crippen LogP contribution in [0.15, 0.2) is 47.1 Å². The lowest BCUT2D eigenvalue weighted by Gasteiger charge is -2.46. The second-order valence-electron chi connectivity index (χ2n) is 14.5. The number of pyridine rings is 2. The number of nitrogens with one attached hydrogen (secondary N) is 2. The average molecular weight is 681 g/mol. The molecule has 7 heterocycles. The molecule has 260 valence electrons. The first-order valence-electron chi connectivity index (χ1n) is 17.5. The van der Waals surface area contributed by atoms with Gasteiger partial charge in [-0.3, -0.25) is 19.5 Å². The van der Waals surface area contributed by atoms with Crippen LogP contribution in [0.3, 0.4) is 0 Å². The molecule has 1 aromatic carbocycles. The Balaban J connectivity index is 1.29. The third kappa shape index (κ3) is 5.89. The largest absolute Gasteiger partial charge is 0.476 e. The van der Waals surface area contributed by atoms with Crippen molar-refractivity contribution in [3.05, 3.63) is 71.3 Å². The highest BCUT2D eigenvalue weighted by atomic mass is 19.1. The molecular formula is C38H41FN6O5. The van der Waals surface area contributed by atoms with Gasteiger partial charge in [0.15, 0.2) is 5.60 Å². The van der Waals surface area contributed by atoms with Crippen molar-refractivity contribution in [1.29, 1.82) is 0 Å². The zero-order chi connectivity index (χ0) is 34.6. The van der Waals surface area contributed by atoms with Crippen molar-refractivity contribution in [2.24, 2.45) is 5.41 Å². The van der Waals surface area contributed by atoms with E-state index in [9.17, 15) is 14.0 Å². The number of fused-ring (bicyclic) bond motifs is 5. The van der Waals surface area contributed by atoms with Crippen molar-refractivity contribution in [3.63, 3.8) is 0 Å². The highest BCUT2D eigenvalue weighted by molar-refractivity contribution is 6.09. The third-order valence-corrected chi connectivity index (χ3v) is 10.5. The summed E-state index contributed by atoms with van der Waals surface area (Å²) in [5.74, 6) is 1.05. The van der Waals surface area contributed by atoms with E-state index in [4.69, 9.17) is 18.9 Å². The summed E-state index contributed by atoms with van der Waals surface area (Å²) in [5.41, 5.74) is 3.15. The van der Waals surface area contributed by atoms with E-state index < -0.39 is 11.4 Å². The summed E-state index contributed by atoms with van der Waals surface area (Å²) in [7, 11) is 0. The summed E-state index contributed by atoms with van der Waals surface area (Å²) in [6.45, 7) is 7.33. The molecule has 50 heavy (non-hydrogen) atoms. The van der Waals surface area contributed by atoms with Crippen LogP contribution in [0, 0.1) is 18.2 Å². The first-order valence-corrected chi connectivity index (χ1v) is 17.5. The lowest BCUT2D eigenvalue weighted by Crippen LogP contribution is -2.52. The second kappa shape index (κ2) is 12.5. The summed E-state index contributed by atoms with van der Waals surface area (Å²) >= 11 is 0. The van der Waals surface area contributed by atoms with Crippen LogP contribution in [0.1, 0.15) is 79.9 Å². The Morgan fingerprint density at radius 2 is 1.82 bits per heavy atom. The number of aryl methyl sites for hydroxylation is 2. The maximum atomic E-state index is 14.0. The first-order chi connectivity index (χ1) is 24.1. The number of oxazole rings is 1. The molecule has 0 unspecified atom stereocenters. The summed E-state index contributed by atoms with van der Waals surface area (Å²) < 4.78 is 32.4. The van der Waals surface area contributed by atoms with Crippen molar-refractivity contribution >= 4 is 23.3 Å². The van der Waals surface area contributed by atoms with Gasteiger partial charge in [-0.05, 0) is 101 Å². The number of hydrogen-bond donors (Lipinski definition) is 2. The van der Waals surface area contributed by atoms with Gasteiger partial charge < -0.3 is 24.5 Å². The molecule has 5 aliphatic rings. The maximum Gasteiger partial charge on any atom is 0.271 e. The monoisotopic (exact) mass is 680 g/mol. The molecule has 3 aromatic heterocycles. The highest BCUT2D eigenvalue weighted by Gasteiger charge is 2.43. The Labute approximate surface area is 290 Å². The van der Waals surface area contributed by atoms with Crippen molar-refractivity contribution in [3.8, 4) is 28.3 Å². The Morgan fingerprint density at radius 3 is 2.54 bits per heavy atom. The van der Waals surface area contributed by atoms with E-state index in [1.807, 2.05) is 25.1 Å². The lowest BCUT2D eigenvalue weighted by molar-refractivity contribution is -0.132. The van der Waals surface area contributed by atoms with Gasteiger partial charge in [0.05, 0.1) is 59.9 Å². The number of ether oxygens (including phenoxy) is 2. The summed E-state index contributed by atoms with van der Waals surface area (Å²) in [6.07, 6.45) is 9.91. The number of anilines is 2. The highest BCUT2D eigenvalue weighted by Crippen LogP contribution is 2.49. The molecule has 9 rings (SSSR count). The van der Waals surface area contributed by atoms with Gasteiger partial charge >= 0.3 is 0 Å². The van der Waals surface area contributed by atoms with Crippen LogP contribution in [-0.2, 0) is 22.5 Å². The van der Waals surface area contributed by atoms with E-state index in [0.717, 1.165) is 57.0 Å². The minimum absolute atomic E-state index is 0.0933. The standard InChI is InChI=1S/C38H41FN6O5/c1-22-18-43-35(49-22)31-27(11-14-38-12-9-26(10-13-38)48-21-38)44-33-32(34(46)41-16-4-15-40-33)30(31)23-5-8-28-29(17-23)50-37(2,3)36(47)45(28)20-25-7-6-24(39)19-42-25/h5-8,17-19,26H,4,9-16,20-21H2,1-3H3,(H,40,44)(H,41,46). The number of benzene rings is 1.